The smallest absolute Gasteiger partial charge is 0.231 e. The van der Waals surface area contributed by atoms with E-state index in [0.29, 0.717) is 18.9 Å². The Morgan fingerprint density at radius 3 is 2.88 bits per heavy atom. The highest BCUT2D eigenvalue weighted by Gasteiger charge is 2.31. The zero-order valence-corrected chi connectivity index (χ0v) is 9.71. The number of hydrogen-bond donors (Lipinski definition) is 2. The van der Waals surface area contributed by atoms with Gasteiger partial charge in [0.1, 0.15) is 5.82 Å². The lowest BCUT2D eigenvalue weighted by Crippen LogP contribution is -2.37. The maximum Gasteiger partial charge on any atom is 0.231 e. The van der Waals surface area contributed by atoms with Gasteiger partial charge in [0.05, 0.1) is 29.8 Å². The van der Waals surface area contributed by atoms with Crippen LogP contribution in [-0.2, 0) is 9.53 Å². The second kappa shape index (κ2) is 5.00. The van der Waals surface area contributed by atoms with Gasteiger partial charge in [-0.05, 0) is 18.2 Å². The predicted octanol–water partition coefficient (Wildman–Crippen LogP) is 1.39. The lowest BCUT2D eigenvalue weighted by atomic mass is 10.0. The molecule has 6 heteroatoms. The first-order valence-corrected chi connectivity index (χ1v) is 5.55. The molecule has 1 aromatic carbocycles. The van der Waals surface area contributed by atoms with E-state index < -0.39 is 11.7 Å². The zero-order chi connectivity index (χ0) is 12.4. The maximum absolute atomic E-state index is 12.8. The van der Waals surface area contributed by atoms with Crippen LogP contribution in [0.25, 0.3) is 0 Å². The van der Waals surface area contributed by atoms with Crippen LogP contribution in [0.4, 0.5) is 10.1 Å². The molecule has 0 spiro atoms. The molecule has 3 N–H and O–H groups in total. The van der Waals surface area contributed by atoms with Gasteiger partial charge in [0.2, 0.25) is 5.91 Å². The summed E-state index contributed by atoms with van der Waals surface area (Å²) in [6.45, 7) is 0.668. The molecule has 1 saturated heterocycles. The van der Waals surface area contributed by atoms with E-state index in [1.165, 1.54) is 12.1 Å². The second-order valence-electron chi connectivity index (χ2n) is 3.92. The fraction of sp³-hybridized carbons (Fsp3) is 0.364. The molecule has 1 aromatic rings. The van der Waals surface area contributed by atoms with E-state index in [-0.39, 0.29) is 17.0 Å². The number of amides is 1. The van der Waals surface area contributed by atoms with Crippen molar-refractivity contribution in [1.29, 1.82) is 0 Å². The Kier molecular flexibility index (Phi) is 3.61. The molecule has 1 aliphatic rings. The number of carbonyl (C=O) groups excluding carboxylic acids is 1. The van der Waals surface area contributed by atoms with Crippen molar-refractivity contribution >= 4 is 23.2 Å². The van der Waals surface area contributed by atoms with Crippen LogP contribution >= 0.6 is 11.6 Å². The average Bonchev–Trinajstić information content (AvgIpc) is 2.68. The van der Waals surface area contributed by atoms with E-state index >= 15 is 0 Å². The van der Waals surface area contributed by atoms with Crippen LogP contribution in [0.15, 0.2) is 18.2 Å². The fourth-order valence-corrected chi connectivity index (χ4v) is 1.87. The molecular weight excluding hydrogens is 247 g/mol. The first-order valence-electron chi connectivity index (χ1n) is 5.17. The quantitative estimate of drug-likeness (QED) is 0.843. The molecule has 1 heterocycles. The molecule has 0 aliphatic carbocycles. The van der Waals surface area contributed by atoms with E-state index in [1.54, 1.807) is 0 Å². The zero-order valence-electron chi connectivity index (χ0n) is 8.95. The molecule has 2 unspecified atom stereocenters. The number of hydrogen-bond acceptors (Lipinski definition) is 3. The van der Waals surface area contributed by atoms with E-state index in [4.69, 9.17) is 22.1 Å². The molecule has 0 radical (unpaired) electrons. The highest BCUT2D eigenvalue weighted by molar-refractivity contribution is 6.33. The van der Waals surface area contributed by atoms with Gasteiger partial charge in [0, 0.05) is 6.04 Å². The van der Waals surface area contributed by atoms with Crippen LogP contribution < -0.4 is 11.1 Å². The highest BCUT2D eigenvalue weighted by atomic mass is 35.5. The SMILES string of the molecule is NC1COCC1C(=O)Nc1ccc(F)cc1Cl. The Bertz CT molecular complexity index is 441. The van der Waals surface area contributed by atoms with Crippen LogP contribution in [-0.4, -0.2) is 25.2 Å². The largest absolute Gasteiger partial charge is 0.379 e. The summed E-state index contributed by atoms with van der Waals surface area (Å²) in [6.07, 6.45) is 0. The Morgan fingerprint density at radius 1 is 1.53 bits per heavy atom. The van der Waals surface area contributed by atoms with Gasteiger partial charge in [0.25, 0.3) is 0 Å². The molecule has 1 amide bonds. The van der Waals surface area contributed by atoms with Crippen molar-refractivity contribution in [2.24, 2.45) is 11.7 Å². The molecule has 4 nitrogen and oxygen atoms in total. The van der Waals surface area contributed by atoms with Gasteiger partial charge in [-0.25, -0.2) is 4.39 Å². The van der Waals surface area contributed by atoms with Gasteiger partial charge in [-0.15, -0.1) is 0 Å². The highest BCUT2D eigenvalue weighted by Crippen LogP contribution is 2.24. The molecule has 0 aromatic heterocycles. The monoisotopic (exact) mass is 258 g/mol. The first-order chi connectivity index (χ1) is 8.08. The predicted molar refractivity (Wildman–Crippen MR) is 62.3 cm³/mol. The van der Waals surface area contributed by atoms with Crippen molar-refractivity contribution in [3.63, 3.8) is 0 Å². The summed E-state index contributed by atoms with van der Waals surface area (Å²) in [4.78, 5) is 11.8. The minimum atomic E-state index is -0.450. The number of halogens is 2. The molecular formula is C11H12ClFN2O2. The minimum absolute atomic E-state index is 0.158. The lowest BCUT2D eigenvalue weighted by molar-refractivity contribution is -0.120. The first kappa shape index (κ1) is 12.3. The molecule has 17 heavy (non-hydrogen) atoms. The van der Waals surface area contributed by atoms with Crippen LogP contribution in [0.5, 0.6) is 0 Å². The van der Waals surface area contributed by atoms with Gasteiger partial charge in [-0.1, -0.05) is 11.6 Å². The maximum atomic E-state index is 12.8. The minimum Gasteiger partial charge on any atom is -0.379 e. The Labute approximate surface area is 103 Å². The summed E-state index contributed by atoms with van der Waals surface area (Å²) < 4.78 is 17.9. The van der Waals surface area contributed by atoms with Gasteiger partial charge < -0.3 is 15.8 Å². The summed E-state index contributed by atoms with van der Waals surface area (Å²) in [5.41, 5.74) is 6.09. The molecule has 92 valence electrons. The standard InChI is InChI=1S/C11H12ClFN2O2/c12-8-3-6(13)1-2-10(8)15-11(16)7-4-17-5-9(7)14/h1-3,7,9H,4-5,14H2,(H,15,16). The van der Waals surface area contributed by atoms with Crippen molar-refractivity contribution in [1.82, 2.24) is 0 Å². The summed E-state index contributed by atoms with van der Waals surface area (Å²) in [7, 11) is 0. The summed E-state index contributed by atoms with van der Waals surface area (Å²) >= 11 is 5.80. The summed E-state index contributed by atoms with van der Waals surface area (Å²) in [6, 6.07) is 3.47. The van der Waals surface area contributed by atoms with Crippen LogP contribution in [0.2, 0.25) is 5.02 Å². The van der Waals surface area contributed by atoms with Gasteiger partial charge in [0.15, 0.2) is 0 Å². The van der Waals surface area contributed by atoms with Crippen molar-refractivity contribution in [2.75, 3.05) is 18.5 Å². The Hall–Kier alpha value is -1.17. The average molecular weight is 259 g/mol. The summed E-state index contributed by atoms with van der Waals surface area (Å²) in [5, 5.41) is 2.77. The number of rotatable bonds is 2. The number of ether oxygens (including phenoxy) is 1. The number of anilines is 1. The summed E-state index contributed by atoms with van der Waals surface area (Å²) in [5.74, 6) is -1.10. The molecule has 2 rings (SSSR count). The second-order valence-corrected chi connectivity index (χ2v) is 4.33. The number of benzene rings is 1. The molecule has 1 fully saturated rings. The topological polar surface area (TPSA) is 64.3 Å². The molecule has 1 aliphatic heterocycles. The van der Waals surface area contributed by atoms with Crippen molar-refractivity contribution in [3.8, 4) is 0 Å². The molecule has 0 bridgehead atoms. The lowest BCUT2D eigenvalue weighted by Gasteiger charge is -2.14. The van der Waals surface area contributed by atoms with Crippen LogP contribution in [0.1, 0.15) is 0 Å². The van der Waals surface area contributed by atoms with Crippen LogP contribution in [0, 0.1) is 11.7 Å². The fourth-order valence-electron chi connectivity index (χ4n) is 1.66. The van der Waals surface area contributed by atoms with Gasteiger partial charge >= 0.3 is 0 Å². The van der Waals surface area contributed by atoms with E-state index in [0.717, 1.165) is 6.07 Å². The third-order valence-electron chi connectivity index (χ3n) is 2.65. The molecule has 0 saturated carbocycles. The number of nitrogens with two attached hydrogens (primary N) is 1. The molecule has 2 atom stereocenters. The number of carbonyl (C=O) groups is 1. The number of nitrogens with one attached hydrogen (secondary N) is 1. The Balaban J connectivity index is 2.07. The normalized spacial score (nSPS) is 23.7. The third-order valence-corrected chi connectivity index (χ3v) is 2.96. The van der Waals surface area contributed by atoms with E-state index in [9.17, 15) is 9.18 Å². The Morgan fingerprint density at radius 2 is 2.29 bits per heavy atom. The van der Waals surface area contributed by atoms with Crippen molar-refractivity contribution < 1.29 is 13.9 Å². The van der Waals surface area contributed by atoms with Crippen LogP contribution in [0.3, 0.4) is 0 Å². The van der Waals surface area contributed by atoms with Crippen molar-refractivity contribution in [3.05, 3.63) is 29.0 Å². The van der Waals surface area contributed by atoms with E-state index in [2.05, 4.69) is 5.32 Å². The third kappa shape index (κ3) is 2.74. The van der Waals surface area contributed by atoms with Gasteiger partial charge in [-0.3, -0.25) is 4.79 Å². The van der Waals surface area contributed by atoms with Gasteiger partial charge in [-0.2, -0.15) is 0 Å². The van der Waals surface area contributed by atoms with E-state index in [1.807, 2.05) is 0 Å². The van der Waals surface area contributed by atoms with Crippen molar-refractivity contribution in [2.45, 2.75) is 6.04 Å².